The van der Waals surface area contributed by atoms with Crippen LogP contribution < -0.4 is 10.1 Å². The maximum Gasteiger partial charge on any atom is 0.325 e. The van der Waals surface area contributed by atoms with Crippen LogP contribution in [0.5, 0.6) is 5.75 Å². The molecule has 2 aliphatic rings. The average Bonchev–Trinajstić information content (AvgIpc) is 3.34. The lowest BCUT2D eigenvalue weighted by molar-refractivity contribution is -0.151. The molecular weight excluding hydrogens is 444 g/mol. The number of benzene rings is 3. The summed E-state index contributed by atoms with van der Waals surface area (Å²) in [5.74, 6) is -1.42. The zero-order chi connectivity index (χ0) is 24.7. The maximum atomic E-state index is 13.5. The minimum absolute atomic E-state index is 0.0168. The zero-order valence-corrected chi connectivity index (χ0v) is 19.1. The van der Waals surface area contributed by atoms with E-state index < -0.39 is 41.2 Å². The molecule has 0 spiro atoms. The number of rotatable bonds is 6. The molecule has 2 N–H and O–H groups in total. The standard InChI is InChI=1S/C28H24N2O5/c1-3-14-30-25(31)22-23(26(30)32)28(27(33)34,29-24(22)20-10-6-7-11-21(20)35-2)16-17-12-13-18-8-4-5-9-19(18)15-17/h1,4-13,15,22-24,29H,14,16H2,2H3,(H,33,34). The normalized spacial score (nSPS) is 25.5. The van der Waals surface area contributed by atoms with Crippen molar-refractivity contribution in [3.05, 3.63) is 77.9 Å². The van der Waals surface area contributed by atoms with Crippen molar-refractivity contribution in [2.45, 2.75) is 18.0 Å². The lowest BCUT2D eigenvalue weighted by atomic mass is 9.76. The summed E-state index contributed by atoms with van der Waals surface area (Å²) in [6.07, 6.45) is 5.45. The number of terminal acetylenes is 1. The number of hydrogen-bond acceptors (Lipinski definition) is 5. The molecule has 2 heterocycles. The summed E-state index contributed by atoms with van der Waals surface area (Å²) in [6, 6.07) is 19.9. The Labute approximate surface area is 202 Å². The average molecular weight is 469 g/mol. The van der Waals surface area contributed by atoms with Gasteiger partial charge in [0.1, 0.15) is 11.3 Å². The van der Waals surface area contributed by atoms with Crippen LogP contribution in [0.25, 0.3) is 10.8 Å². The van der Waals surface area contributed by atoms with E-state index in [9.17, 15) is 19.5 Å². The van der Waals surface area contributed by atoms with E-state index in [1.807, 2.05) is 42.5 Å². The van der Waals surface area contributed by atoms with Gasteiger partial charge < -0.3 is 9.84 Å². The summed E-state index contributed by atoms with van der Waals surface area (Å²) in [5, 5.41) is 15.8. The largest absolute Gasteiger partial charge is 0.496 e. The van der Waals surface area contributed by atoms with Gasteiger partial charge in [-0.3, -0.25) is 24.6 Å². The van der Waals surface area contributed by atoms with Crippen molar-refractivity contribution < 1.29 is 24.2 Å². The van der Waals surface area contributed by atoms with Gasteiger partial charge in [-0.2, -0.15) is 0 Å². The Balaban J connectivity index is 1.65. The maximum absolute atomic E-state index is 13.5. The van der Waals surface area contributed by atoms with E-state index in [0.29, 0.717) is 11.3 Å². The summed E-state index contributed by atoms with van der Waals surface area (Å²) in [7, 11) is 1.51. The van der Waals surface area contributed by atoms with Crippen LogP contribution in [-0.4, -0.2) is 47.0 Å². The summed E-state index contributed by atoms with van der Waals surface area (Å²) in [6.45, 7) is -0.199. The molecule has 3 aromatic rings. The fourth-order valence-electron chi connectivity index (χ4n) is 5.61. The van der Waals surface area contributed by atoms with Crippen LogP contribution >= 0.6 is 0 Å². The van der Waals surface area contributed by atoms with Gasteiger partial charge in [0.05, 0.1) is 25.5 Å². The van der Waals surface area contributed by atoms with Gasteiger partial charge in [-0.15, -0.1) is 6.42 Å². The molecule has 2 aliphatic heterocycles. The van der Waals surface area contributed by atoms with Gasteiger partial charge in [-0.05, 0) is 22.4 Å². The third kappa shape index (κ3) is 3.46. The molecule has 4 unspecified atom stereocenters. The van der Waals surface area contributed by atoms with Crippen LogP contribution in [-0.2, 0) is 20.8 Å². The summed E-state index contributed by atoms with van der Waals surface area (Å²) >= 11 is 0. The molecule has 2 amide bonds. The van der Waals surface area contributed by atoms with Crippen molar-refractivity contribution in [1.82, 2.24) is 10.2 Å². The number of nitrogens with one attached hydrogen (secondary N) is 1. The zero-order valence-electron chi connectivity index (χ0n) is 19.1. The number of nitrogens with zero attached hydrogens (tertiary/aromatic N) is 1. The van der Waals surface area contributed by atoms with Gasteiger partial charge in [-0.25, -0.2) is 0 Å². The first-order valence-corrected chi connectivity index (χ1v) is 11.3. The molecule has 3 aromatic carbocycles. The number of ether oxygens (including phenoxy) is 1. The number of methoxy groups -OCH3 is 1. The van der Waals surface area contributed by atoms with Crippen molar-refractivity contribution in [3.63, 3.8) is 0 Å². The highest BCUT2D eigenvalue weighted by Crippen LogP contribution is 2.51. The highest BCUT2D eigenvalue weighted by Gasteiger charge is 2.68. The van der Waals surface area contributed by atoms with Crippen molar-refractivity contribution >= 4 is 28.6 Å². The molecule has 0 saturated carbocycles. The third-order valence-electron chi connectivity index (χ3n) is 7.15. The molecule has 7 heteroatoms. The Morgan fingerprint density at radius 1 is 1.09 bits per heavy atom. The summed E-state index contributed by atoms with van der Waals surface area (Å²) in [4.78, 5) is 40.9. The predicted molar refractivity (Wildman–Crippen MR) is 129 cm³/mol. The van der Waals surface area contributed by atoms with E-state index in [0.717, 1.165) is 21.2 Å². The second-order valence-electron chi connectivity index (χ2n) is 8.97. The van der Waals surface area contributed by atoms with Crippen LogP contribution in [0.15, 0.2) is 66.7 Å². The Morgan fingerprint density at radius 2 is 1.80 bits per heavy atom. The number of carbonyl (C=O) groups excluding carboxylic acids is 2. The highest BCUT2D eigenvalue weighted by molar-refractivity contribution is 6.09. The van der Waals surface area contributed by atoms with Crippen LogP contribution in [0.1, 0.15) is 17.2 Å². The minimum atomic E-state index is -1.71. The third-order valence-corrected chi connectivity index (χ3v) is 7.15. The van der Waals surface area contributed by atoms with Crippen molar-refractivity contribution in [3.8, 4) is 18.1 Å². The van der Waals surface area contributed by atoms with E-state index in [-0.39, 0.29) is 13.0 Å². The van der Waals surface area contributed by atoms with E-state index in [1.54, 1.807) is 24.3 Å². The van der Waals surface area contributed by atoms with Crippen molar-refractivity contribution in [2.24, 2.45) is 11.8 Å². The van der Waals surface area contributed by atoms with E-state index in [4.69, 9.17) is 11.2 Å². The van der Waals surface area contributed by atoms with Crippen LogP contribution in [0.2, 0.25) is 0 Å². The number of carbonyl (C=O) groups is 3. The first-order valence-electron chi connectivity index (χ1n) is 11.3. The Kier molecular flexibility index (Phi) is 5.54. The first kappa shape index (κ1) is 22.6. The molecule has 5 rings (SSSR count). The number of fused-ring (bicyclic) bond motifs is 2. The number of imide groups is 1. The second-order valence-corrected chi connectivity index (χ2v) is 8.97. The van der Waals surface area contributed by atoms with Gasteiger partial charge in [0.25, 0.3) is 0 Å². The lowest BCUT2D eigenvalue weighted by Crippen LogP contribution is -2.57. The molecule has 2 saturated heterocycles. The number of para-hydroxylation sites is 1. The predicted octanol–water partition coefficient (Wildman–Crippen LogP) is 2.79. The number of aliphatic carboxylic acids is 1. The topological polar surface area (TPSA) is 95.9 Å². The van der Waals surface area contributed by atoms with Crippen LogP contribution in [0, 0.1) is 24.2 Å². The summed E-state index contributed by atoms with van der Waals surface area (Å²) < 4.78 is 5.51. The number of carboxylic acid groups (broad SMARTS) is 1. The van der Waals surface area contributed by atoms with Crippen LogP contribution in [0.4, 0.5) is 0 Å². The number of carboxylic acids is 1. The quantitative estimate of drug-likeness (QED) is 0.427. The highest BCUT2D eigenvalue weighted by atomic mass is 16.5. The molecule has 2 fully saturated rings. The van der Waals surface area contributed by atoms with Gasteiger partial charge in [0, 0.05) is 18.0 Å². The van der Waals surface area contributed by atoms with E-state index in [2.05, 4.69) is 11.2 Å². The number of likely N-dealkylation sites (tertiary alicyclic amines) is 1. The van der Waals surface area contributed by atoms with Crippen molar-refractivity contribution in [1.29, 1.82) is 0 Å². The number of hydrogen-bond donors (Lipinski definition) is 2. The molecule has 176 valence electrons. The Morgan fingerprint density at radius 3 is 2.51 bits per heavy atom. The molecule has 0 aliphatic carbocycles. The Bertz CT molecular complexity index is 1390. The monoisotopic (exact) mass is 468 g/mol. The van der Waals surface area contributed by atoms with Crippen LogP contribution in [0.3, 0.4) is 0 Å². The van der Waals surface area contributed by atoms with Gasteiger partial charge in [-0.1, -0.05) is 66.6 Å². The first-order chi connectivity index (χ1) is 16.9. The van der Waals surface area contributed by atoms with Gasteiger partial charge in [0.2, 0.25) is 11.8 Å². The Hall–Kier alpha value is -4.15. The van der Waals surface area contributed by atoms with Crippen molar-refractivity contribution in [2.75, 3.05) is 13.7 Å². The lowest BCUT2D eigenvalue weighted by Gasteiger charge is -2.31. The molecule has 35 heavy (non-hydrogen) atoms. The SMILES string of the molecule is C#CCN1C(=O)C2C(c3ccccc3OC)NC(Cc3ccc4ccccc4c3)(C(=O)O)C2C1=O. The molecule has 7 nitrogen and oxygen atoms in total. The minimum Gasteiger partial charge on any atom is -0.496 e. The van der Waals surface area contributed by atoms with E-state index >= 15 is 0 Å². The number of amides is 2. The van der Waals surface area contributed by atoms with Gasteiger partial charge >= 0.3 is 5.97 Å². The fourth-order valence-corrected chi connectivity index (χ4v) is 5.61. The molecule has 0 aromatic heterocycles. The second kappa shape index (κ2) is 8.57. The smallest absolute Gasteiger partial charge is 0.325 e. The molecular formula is C28H24N2O5. The molecule has 4 atom stereocenters. The molecule has 0 radical (unpaired) electrons. The molecule has 0 bridgehead atoms. The van der Waals surface area contributed by atoms with E-state index in [1.165, 1.54) is 7.11 Å². The van der Waals surface area contributed by atoms with Gasteiger partial charge in [0.15, 0.2) is 0 Å². The fraction of sp³-hybridized carbons (Fsp3) is 0.250. The summed E-state index contributed by atoms with van der Waals surface area (Å²) in [5.41, 5.74) is -0.349.